The minimum Gasteiger partial charge on any atom is -0.343 e. The first-order valence-corrected chi connectivity index (χ1v) is 6.61. The van der Waals surface area contributed by atoms with Gasteiger partial charge in [0.1, 0.15) is 0 Å². The lowest BCUT2D eigenvalue weighted by Crippen LogP contribution is -2.53. The van der Waals surface area contributed by atoms with E-state index in [1.54, 1.807) is 0 Å². The zero-order chi connectivity index (χ0) is 13.1. The first-order chi connectivity index (χ1) is 7.92. The van der Waals surface area contributed by atoms with Gasteiger partial charge in [-0.2, -0.15) is 0 Å². The van der Waals surface area contributed by atoms with E-state index in [2.05, 4.69) is 17.1 Å². The van der Waals surface area contributed by atoms with Crippen LogP contribution in [0.1, 0.15) is 33.6 Å². The summed E-state index contributed by atoms with van der Waals surface area (Å²) in [6.07, 6.45) is 2.47. The molecule has 1 unspecified atom stereocenters. The van der Waals surface area contributed by atoms with Crippen molar-refractivity contribution in [3.63, 3.8) is 0 Å². The third-order valence-electron chi connectivity index (χ3n) is 3.90. The highest BCUT2D eigenvalue weighted by atomic mass is 16.2. The van der Waals surface area contributed by atoms with Crippen molar-refractivity contribution in [2.24, 2.45) is 0 Å². The molecule has 1 aliphatic rings. The molecule has 0 aromatic heterocycles. The fourth-order valence-corrected chi connectivity index (χ4v) is 2.50. The quantitative estimate of drug-likeness (QED) is 0.778. The fourth-order valence-electron chi connectivity index (χ4n) is 2.50. The molecule has 17 heavy (non-hydrogen) atoms. The standard InChI is InChI=1S/C13H27N3O/c1-6-16-9-7-8-11(16)10-15(5)12(17)13(2,3)14-4/h11,14H,6-10H2,1-5H3. The van der Waals surface area contributed by atoms with E-state index in [0.29, 0.717) is 6.04 Å². The Balaban J connectivity index is 2.54. The molecule has 1 saturated heterocycles. The lowest BCUT2D eigenvalue weighted by Gasteiger charge is -2.33. The number of nitrogens with zero attached hydrogens (tertiary/aromatic N) is 2. The molecule has 0 aromatic rings. The van der Waals surface area contributed by atoms with Crippen LogP contribution in [0.15, 0.2) is 0 Å². The number of carbonyl (C=O) groups is 1. The topological polar surface area (TPSA) is 35.6 Å². The number of hydrogen-bond acceptors (Lipinski definition) is 3. The molecule has 1 rings (SSSR count). The number of rotatable bonds is 5. The Morgan fingerprint density at radius 1 is 1.53 bits per heavy atom. The molecule has 0 aromatic carbocycles. The highest BCUT2D eigenvalue weighted by Crippen LogP contribution is 2.18. The summed E-state index contributed by atoms with van der Waals surface area (Å²) in [4.78, 5) is 16.6. The summed E-state index contributed by atoms with van der Waals surface area (Å²) in [5, 5.41) is 3.07. The maximum Gasteiger partial charge on any atom is 0.242 e. The molecule has 0 bridgehead atoms. The number of nitrogens with one attached hydrogen (secondary N) is 1. The first-order valence-electron chi connectivity index (χ1n) is 6.61. The van der Waals surface area contributed by atoms with Gasteiger partial charge in [0.05, 0.1) is 5.54 Å². The Hall–Kier alpha value is -0.610. The highest BCUT2D eigenvalue weighted by Gasteiger charge is 2.31. The van der Waals surface area contributed by atoms with Gasteiger partial charge in [-0.1, -0.05) is 6.92 Å². The second kappa shape index (κ2) is 5.83. The van der Waals surface area contributed by atoms with Gasteiger partial charge < -0.3 is 10.2 Å². The van der Waals surface area contributed by atoms with E-state index in [0.717, 1.165) is 13.1 Å². The van der Waals surface area contributed by atoms with E-state index in [1.165, 1.54) is 19.4 Å². The largest absolute Gasteiger partial charge is 0.343 e. The summed E-state index contributed by atoms with van der Waals surface area (Å²) in [5.74, 6) is 0.169. The SMILES string of the molecule is CCN1CCCC1CN(C)C(=O)C(C)(C)NC. The monoisotopic (exact) mass is 241 g/mol. The normalized spacial score (nSPS) is 21.8. The van der Waals surface area contributed by atoms with Crippen LogP contribution in [-0.4, -0.2) is 61.0 Å². The van der Waals surface area contributed by atoms with Crippen molar-refractivity contribution >= 4 is 5.91 Å². The third-order valence-corrected chi connectivity index (χ3v) is 3.90. The van der Waals surface area contributed by atoms with Crippen molar-refractivity contribution in [2.75, 3.05) is 33.7 Å². The zero-order valence-electron chi connectivity index (χ0n) is 11.9. The van der Waals surface area contributed by atoms with Crippen LogP contribution < -0.4 is 5.32 Å². The van der Waals surface area contributed by atoms with E-state index in [1.807, 2.05) is 32.8 Å². The summed E-state index contributed by atoms with van der Waals surface area (Å²) in [6.45, 7) is 9.16. The molecular weight excluding hydrogens is 214 g/mol. The van der Waals surface area contributed by atoms with Crippen molar-refractivity contribution in [3.8, 4) is 0 Å². The Morgan fingerprint density at radius 3 is 2.71 bits per heavy atom. The average Bonchev–Trinajstić information content (AvgIpc) is 2.75. The summed E-state index contributed by atoms with van der Waals surface area (Å²) < 4.78 is 0. The molecule has 100 valence electrons. The molecule has 1 atom stereocenters. The molecule has 0 saturated carbocycles. The number of amides is 1. The first kappa shape index (κ1) is 14.5. The van der Waals surface area contributed by atoms with Crippen LogP contribution in [0, 0.1) is 0 Å². The van der Waals surface area contributed by atoms with Gasteiger partial charge in [0.2, 0.25) is 5.91 Å². The van der Waals surface area contributed by atoms with E-state index >= 15 is 0 Å². The van der Waals surface area contributed by atoms with Crippen LogP contribution in [0.2, 0.25) is 0 Å². The zero-order valence-corrected chi connectivity index (χ0v) is 11.9. The van der Waals surface area contributed by atoms with E-state index < -0.39 is 5.54 Å². The third kappa shape index (κ3) is 3.42. The summed E-state index contributed by atoms with van der Waals surface area (Å²) in [6, 6.07) is 0.543. The second-order valence-corrected chi connectivity index (χ2v) is 5.49. The lowest BCUT2D eigenvalue weighted by atomic mass is 10.0. The molecule has 0 radical (unpaired) electrons. The number of hydrogen-bond donors (Lipinski definition) is 1. The van der Waals surface area contributed by atoms with Gasteiger partial charge in [0.25, 0.3) is 0 Å². The van der Waals surface area contributed by atoms with E-state index in [-0.39, 0.29) is 5.91 Å². The summed E-state index contributed by atoms with van der Waals surface area (Å²) in [5.41, 5.74) is -0.468. The Morgan fingerprint density at radius 2 is 2.18 bits per heavy atom. The average molecular weight is 241 g/mol. The minimum absolute atomic E-state index is 0.169. The molecule has 1 amide bonds. The molecule has 0 aliphatic carbocycles. The van der Waals surface area contributed by atoms with Crippen LogP contribution >= 0.6 is 0 Å². The van der Waals surface area contributed by atoms with Crippen molar-refractivity contribution < 1.29 is 4.79 Å². The van der Waals surface area contributed by atoms with E-state index in [9.17, 15) is 4.79 Å². The van der Waals surface area contributed by atoms with Crippen molar-refractivity contribution in [1.29, 1.82) is 0 Å². The Labute approximate surface area is 105 Å². The lowest BCUT2D eigenvalue weighted by molar-refractivity contribution is -0.136. The van der Waals surface area contributed by atoms with Crippen LogP contribution in [0.25, 0.3) is 0 Å². The minimum atomic E-state index is -0.468. The fraction of sp³-hybridized carbons (Fsp3) is 0.923. The predicted molar refractivity (Wildman–Crippen MR) is 71.0 cm³/mol. The molecular formula is C13H27N3O. The van der Waals surface area contributed by atoms with Gasteiger partial charge in [-0.25, -0.2) is 0 Å². The molecule has 1 fully saturated rings. The van der Waals surface area contributed by atoms with Gasteiger partial charge in [-0.3, -0.25) is 9.69 Å². The number of likely N-dealkylation sites (tertiary alicyclic amines) is 1. The van der Waals surface area contributed by atoms with Crippen LogP contribution in [0.4, 0.5) is 0 Å². The number of carbonyl (C=O) groups excluding carboxylic acids is 1. The van der Waals surface area contributed by atoms with Crippen molar-refractivity contribution in [1.82, 2.24) is 15.1 Å². The van der Waals surface area contributed by atoms with Gasteiger partial charge >= 0.3 is 0 Å². The highest BCUT2D eigenvalue weighted by molar-refractivity contribution is 5.85. The van der Waals surface area contributed by atoms with Crippen LogP contribution in [0.5, 0.6) is 0 Å². The number of likely N-dealkylation sites (N-methyl/N-ethyl adjacent to an activating group) is 3. The second-order valence-electron chi connectivity index (χ2n) is 5.49. The van der Waals surface area contributed by atoms with Gasteiger partial charge in [0, 0.05) is 19.6 Å². The molecule has 1 N–H and O–H groups in total. The van der Waals surface area contributed by atoms with Crippen LogP contribution in [0.3, 0.4) is 0 Å². The van der Waals surface area contributed by atoms with E-state index in [4.69, 9.17) is 0 Å². The molecule has 1 aliphatic heterocycles. The molecule has 1 heterocycles. The Kier molecular flexibility index (Phi) is 4.95. The smallest absolute Gasteiger partial charge is 0.242 e. The molecule has 0 spiro atoms. The van der Waals surface area contributed by atoms with Gasteiger partial charge in [0.15, 0.2) is 0 Å². The van der Waals surface area contributed by atoms with Crippen LogP contribution in [-0.2, 0) is 4.79 Å². The van der Waals surface area contributed by atoms with Gasteiger partial charge in [-0.05, 0) is 46.8 Å². The molecule has 4 nitrogen and oxygen atoms in total. The summed E-state index contributed by atoms with van der Waals surface area (Å²) >= 11 is 0. The summed E-state index contributed by atoms with van der Waals surface area (Å²) in [7, 11) is 3.74. The molecule has 4 heteroatoms. The van der Waals surface area contributed by atoms with Crippen molar-refractivity contribution in [2.45, 2.75) is 45.2 Å². The predicted octanol–water partition coefficient (Wildman–Crippen LogP) is 0.927. The maximum absolute atomic E-state index is 12.2. The van der Waals surface area contributed by atoms with Gasteiger partial charge in [-0.15, -0.1) is 0 Å². The Bertz CT molecular complexity index is 265. The maximum atomic E-state index is 12.2. The van der Waals surface area contributed by atoms with Crippen molar-refractivity contribution in [3.05, 3.63) is 0 Å².